The van der Waals surface area contributed by atoms with Crippen LogP contribution in [0.2, 0.25) is 5.02 Å². The molecule has 5 nitrogen and oxygen atoms in total. The van der Waals surface area contributed by atoms with Gasteiger partial charge < -0.3 is 10.6 Å². The Hall–Kier alpha value is -2.06. The number of hydrogen-bond acceptors (Lipinski definition) is 3. The molecule has 2 rings (SSSR count). The van der Waals surface area contributed by atoms with E-state index in [-0.39, 0.29) is 24.3 Å². The van der Waals surface area contributed by atoms with Gasteiger partial charge in [0.15, 0.2) is 0 Å². The van der Waals surface area contributed by atoms with Crippen molar-refractivity contribution in [1.82, 2.24) is 10.6 Å². The monoisotopic (exact) mass is 347 g/mol. The van der Waals surface area contributed by atoms with Gasteiger partial charge in [0, 0.05) is 17.4 Å². The number of nitrogens with zero attached hydrogens (tertiary/aromatic N) is 1. The van der Waals surface area contributed by atoms with Crippen LogP contribution < -0.4 is 10.6 Å². The molecule has 0 heterocycles. The minimum absolute atomic E-state index is 0.0237. The molecule has 2 N–H and O–H groups in total. The molecule has 0 aromatic heterocycles. The first-order valence-electron chi connectivity index (χ1n) is 8.29. The highest BCUT2D eigenvalue weighted by atomic mass is 35.5. The van der Waals surface area contributed by atoms with Crippen molar-refractivity contribution in [3.05, 3.63) is 34.9 Å². The fourth-order valence-electron chi connectivity index (χ4n) is 3.01. The van der Waals surface area contributed by atoms with Crippen LogP contribution in [-0.2, 0) is 16.0 Å². The van der Waals surface area contributed by atoms with E-state index in [1.54, 1.807) is 12.1 Å². The molecule has 2 amide bonds. The minimum atomic E-state index is -0.703. The molecule has 0 unspecified atom stereocenters. The van der Waals surface area contributed by atoms with Gasteiger partial charge in [-0.3, -0.25) is 9.59 Å². The zero-order chi connectivity index (χ0) is 17.4. The molecule has 1 saturated carbocycles. The van der Waals surface area contributed by atoms with Crippen molar-refractivity contribution in [2.75, 3.05) is 6.54 Å². The molecule has 1 aliphatic carbocycles. The van der Waals surface area contributed by atoms with Crippen molar-refractivity contribution >= 4 is 23.4 Å². The van der Waals surface area contributed by atoms with E-state index in [1.807, 2.05) is 18.2 Å². The molecular weight excluding hydrogens is 326 g/mol. The molecule has 1 aromatic rings. The second-order valence-electron chi connectivity index (χ2n) is 6.11. The van der Waals surface area contributed by atoms with Crippen LogP contribution in [-0.4, -0.2) is 24.4 Å². The Kier molecular flexibility index (Phi) is 7.07. The Balaban J connectivity index is 2.05. The maximum atomic E-state index is 12.5. The van der Waals surface area contributed by atoms with E-state index in [2.05, 4.69) is 10.6 Å². The summed E-state index contributed by atoms with van der Waals surface area (Å²) in [6.45, 7) is -0.0792. The quantitative estimate of drug-likeness (QED) is 0.776. The van der Waals surface area contributed by atoms with E-state index in [0.29, 0.717) is 11.4 Å². The lowest BCUT2D eigenvalue weighted by atomic mass is 9.88. The molecule has 0 saturated heterocycles. The summed E-state index contributed by atoms with van der Waals surface area (Å²) in [6, 6.07) is 8.39. The second-order valence-corrected chi connectivity index (χ2v) is 6.54. The number of carbonyl (C=O) groups excluding carboxylic acids is 2. The van der Waals surface area contributed by atoms with Crippen LogP contribution in [0.5, 0.6) is 0 Å². The van der Waals surface area contributed by atoms with E-state index in [9.17, 15) is 9.59 Å². The summed E-state index contributed by atoms with van der Waals surface area (Å²) in [5.41, 5.74) is 0.864. The van der Waals surface area contributed by atoms with Gasteiger partial charge in [0.1, 0.15) is 12.6 Å². The molecule has 1 atom stereocenters. The van der Waals surface area contributed by atoms with E-state index in [0.717, 1.165) is 31.2 Å². The molecule has 6 heteroatoms. The number of amides is 2. The highest BCUT2D eigenvalue weighted by Crippen LogP contribution is 2.24. The summed E-state index contributed by atoms with van der Waals surface area (Å²) in [7, 11) is 0. The third-order valence-corrected chi connectivity index (χ3v) is 4.51. The van der Waals surface area contributed by atoms with Crippen LogP contribution >= 0.6 is 11.6 Å². The zero-order valence-electron chi connectivity index (χ0n) is 13.6. The fourth-order valence-corrected chi connectivity index (χ4v) is 3.23. The third kappa shape index (κ3) is 5.54. The standard InChI is InChI=1S/C18H22ClN3O2/c19-15-8-4-5-13(11-15)12-16(18(24)21-10-9-20)22-17(23)14-6-2-1-3-7-14/h4-5,8,11,14,16H,1-3,6-7,10,12H2,(H,21,24)(H,22,23)/t16-/m0/s1. The minimum Gasteiger partial charge on any atom is -0.344 e. The van der Waals surface area contributed by atoms with Crippen LogP contribution in [0.4, 0.5) is 0 Å². The summed E-state index contributed by atoms with van der Waals surface area (Å²) < 4.78 is 0. The molecule has 1 fully saturated rings. The first-order valence-corrected chi connectivity index (χ1v) is 8.67. The maximum absolute atomic E-state index is 12.5. The average molecular weight is 348 g/mol. The van der Waals surface area contributed by atoms with Crippen molar-refractivity contribution in [3.63, 3.8) is 0 Å². The highest BCUT2D eigenvalue weighted by Gasteiger charge is 2.26. The predicted octanol–water partition coefficient (Wildman–Crippen LogP) is 2.59. The van der Waals surface area contributed by atoms with E-state index in [1.165, 1.54) is 6.42 Å². The predicted molar refractivity (Wildman–Crippen MR) is 92.3 cm³/mol. The Labute approximate surface area is 147 Å². The van der Waals surface area contributed by atoms with Gasteiger partial charge in [0.2, 0.25) is 11.8 Å². The smallest absolute Gasteiger partial charge is 0.243 e. The van der Waals surface area contributed by atoms with Crippen molar-refractivity contribution < 1.29 is 9.59 Å². The Morgan fingerprint density at radius 3 is 2.71 bits per heavy atom. The molecule has 0 aliphatic heterocycles. The molecule has 0 spiro atoms. The highest BCUT2D eigenvalue weighted by molar-refractivity contribution is 6.30. The Morgan fingerprint density at radius 2 is 2.04 bits per heavy atom. The van der Waals surface area contributed by atoms with Gasteiger partial charge in [0.05, 0.1) is 6.07 Å². The van der Waals surface area contributed by atoms with Crippen LogP contribution in [0.3, 0.4) is 0 Å². The summed E-state index contributed by atoms with van der Waals surface area (Å²) in [4.78, 5) is 24.8. The fraction of sp³-hybridized carbons (Fsp3) is 0.500. The summed E-state index contributed by atoms with van der Waals surface area (Å²) >= 11 is 5.99. The van der Waals surface area contributed by atoms with Gasteiger partial charge in [0.25, 0.3) is 0 Å². The summed E-state index contributed by atoms with van der Waals surface area (Å²) in [6.07, 6.45) is 5.36. The molecule has 128 valence electrons. The molecule has 24 heavy (non-hydrogen) atoms. The molecule has 1 aromatic carbocycles. The topological polar surface area (TPSA) is 82.0 Å². The Bertz CT molecular complexity index is 621. The largest absolute Gasteiger partial charge is 0.344 e. The molecule has 1 aliphatic rings. The number of hydrogen-bond donors (Lipinski definition) is 2. The lowest BCUT2D eigenvalue weighted by Crippen LogP contribution is -2.50. The average Bonchev–Trinajstić information content (AvgIpc) is 2.59. The lowest BCUT2D eigenvalue weighted by molar-refractivity contribution is -0.131. The van der Waals surface area contributed by atoms with Gasteiger partial charge in [-0.05, 0) is 30.5 Å². The number of benzene rings is 1. The van der Waals surface area contributed by atoms with Crippen LogP contribution in [0.15, 0.2) is 24.3 Å². The van der Waals surface area contributed by atoms with Crippen molar-refractivity contribution in [1.29, 1.82) is 5.26 Å². The first-order chi connectivity index (χ1) is 11.6. The van der Waals surface area contributed by atoms with Gasteiger partial charge >= 0.3 is 0 Å². The van der Waals surface area contributed by atoms with Crippen molar-refractivity contribution in [2.24, 2.45) is 5.92 Å². The van der Waals surface area contributed by atoms with Crippen molar-refractivity contribution in [2.45, 2.75) is 44.6 Å². The number of carbonyl (C=O) groups is 2. The van der Waals surface area contributed by atoms with E-state index in [4.69, 9.17) is 16.9 Å². The van der Waals surface area contributed by atoms with Gasteiger partial charge in [-0.2, -0.15) is 5.26 Å². The summed E-state index contributed by atoms with van der Waals surface area (Å²) in [5, 5.41) is 14.6. The van der Waals surface area contributed by atoms with Gasteiger partial charge in [-0.15, -0.1) is 0 Å². The van der Waals surface area contributed by atoms with E-state index >= 15 is 0 Å². The summed E-state index contributed by atoms with van der Waals surface area (Å²) in [5.74, 6) is -0.445. The molecule has 0 bridgehead atoms. The van der Waals surface area contributed by atoms with E-state index < -0.39 is 6.04 Å². The van der Waals surface area contributed by atoms with Crippen LogP contribution in [0.1, 0.15) is 37.7 Å². The maximum Gasteiger partial charge on any atom is 0.243 e. The number of halogens is 1. The first kappa shape index (κ1) is 18.3. The third-order valence-electron chi connectivity index (χ3n) is 4.28. The second kappa shape index (κ2) is 9.29. The van der Waals surface area contributed by atoms with Crippen LogP contribution in [0.25, 0.3) is 0 Å². The molecular formula is C18H22ClN3O2. The Morgan fingerprint density at radius 1 is 1.29 bits per heavy atom. The number of rotatable bonds is 6. The molecule has 0 radical (unpaired) electrons. The van der Waals surface area contributed by atoms with Crippen LogP contribution in [0, 0.1) is 17.2 Å². The normalized spacial score (nSPS) is 16.0. The van der Waals surface area contributed by atoms with Gasteiger partial charge in [-0.1, -0.05) is 43.0 Å². The SMILES string of the molecule is N#CCNC(=O)[C@H](Cc1cccc(Cl)c1)NC(=O)C1CCCCC1. The van der Waals surface area contributed by atoms with Crippen molar-refractivity contribution in [3.8, 4) is 6.07 Å². The number of nitrogens with one attached hydrogen (secondary N) is 2. The lowest BCUT2D eigenvalue weighted by Gasteiger charge is -2.24. The van der Waals surface area contributed by atoms with Gasteiger partial charge in [-0.25, -0.2) is 0 Å². The zero-order valence-corrected chi connectivity index (χ0v) is 14.3. The number of nitriles is 1.